The fraction of sp³-hybridized carbons (Fsp3) is 0.448. The van der Waals surface area contributed by atoms with Crippen molar-refractivity contribution < 1.29 is 30.0 Å². The quantitative estimate of drug-likeness (QED) is 0.174. The first kappa shape index (κ1) is 30.2. The van der Waals surface area contributed by atoms with E-state index in [1.165, 1.54) is 27.3 Å². The van der Waals surface area contributed by atoms with Crippen LogP contribution in [0, 0.1) is 23.8 Å². The van der Waals surface area contributed by atoms with Crippen molar-refractivity contribution in [2.75, 3.05) is 0 Å². The molecular formula is C29H38IrNO2S-. The fourth-order valence-corrected chi connectivity index (χ4v) is 3.76. The van der Waals surface area contributed by atoms with Crippen LogP contribution in [0.25, 0.3) is 21.3 Å². The Kier molecular flexibility index (Phi) is 10.9. The van der Waals surface area contributed by atoms with Gasteiger partial charge in [0.25, 0.3) is 0 Å². The number of aryl methyl sites for hydroxylation is 1. The number of aliphatic hydroxyl groups excluding tert-OH is 1. The SMILES string of the molecule is CC(C)(C)C(=O)/C=C(\O)C(C)(C)C.CCC(C)c1cc(C)[c-]c(-c2cc3sccc3cn2)c1.[Ir]. The maximum Gasteiger partial charge on any atom is 0.164 e. The molecule has 1 N–H and O–H groups in total. The maximum absolute atomic E-state index is 11.5. The molecule has 0 fully saturated rings. The van der Waals surface area contributed by atoms with Crippen LogP contribution in [0.4, 0.5) is 0 Å². The normalized spacial score (nSPS) is 13.0. The Hall–Kier alpha value is -1.81. The summed E-state index contributed by atoms with van der Waals surface area (Å²) in [7, 11) is 0. The van der Waals surface area contributed by atoms with Gasteiger partial charge in [0.15, 0.2) is 5.78 Å². The van der Waals surface area contributed by atoms with Gasteiger partial charge in [-0.2, -0.15) is 0 Å². The number of nitrogens with zero attached hydrogens (tertiary/aromatic N) is 1. The third-order valence-electron chi connectivity index (χ3n) is 5.60. The van der Waals surface area contributed by atoms with E-state index in [2.05, 4.69) is 61.5 Å². The monoisotopic (exact) mass is 657 g/mol. The first-order chi connectivity index (χ1) is 15.2. The summed E-state index contributed by atoms with van der Waals surface area (Å²) in [6.07, 6.45) is 4.44. The largest absolute Gasteiger partial charge is 0.512 e. The third kappa shape index (κ3) is 8.44. The molecule has 0 aliphatic carbocycles. The van der Waals surface area contributed by atoms with Crippen LogP contribution in [0.2, 0.25) is 0 Å². The molecule has 2 heterocycles. The molecule has 34 heavy (non-hydrogen) atoms. The predicted octanol–water partition coefficient (Wildman–Crippen LogP) is 8.67. The van der Waals surface area contributed by atoms with Gasteiger partial charge in [0.2, 0.25) is 0 Å². The van der Waals surface area contributed by atoms with Crippen LogP contribution in [0.3, 0.4) is 0 Å². The second-order valence-electron chi connectivity index (χ2n) is 10.7. The number of rotatable bonds is 4. The fourth-order valence-electron chi connectivity index (χ4n) is 2.96. The second-order valence-corrected chi connectivity index (χ2v) is 11.7. The average Bonchev–Trinajstić information content (AvgIpc) is 3.19. The molecule has 0 aliphatic heterocycles. The number of aromatic nitrogens is 1. The number of aliphatic hydroxyl groups is 1. The number of hydrogen-bond donors (Lipinski definition) is 1. The molecule has 0 bridgehead atoms. The molecule has 1 radical (unpaired) electrons. The average molecular weight is 657 g/mol. The molecule has 2 aromatic heterocycles. The van der Waals surface area contributed by atoms with Crippen LogP contribution in [-0.2, 0) is 24.9 Å². The summed E-state index contributed by atoms with van der Waals surface area (Å²) in [6.45, 7) is 17.7. The first-order valence-corrected chi connectivity index (χ1v) is 12.4. The van der Waals surface area contributed by atoms with Crippen molar-refractivity contribution in [3.8, 4) is 11.3 Å². The van der Waals surface area contributed by atoms with E-state index in [0.29, 0.717) is 5.92 Å². The summed E-state index contributed by atoms with van der Waals surface area (Å²) in [5.74, 6) is 0.680. The third-order valence-corrected chi connectivity index (χ3v) is 6.48. The smallest absolute Gasteiger partial charge is 0.164 e. The molecule has 0 spiro atoms. The number of carbonyl (C=O) groups is 1. The molecule has 187 valence electrons. The zero-order valence-electron chi connectivity index (χ0n) is 21.9. The molecule has 1 unspecified atom stereocenters. The minimum absolute atomic E-state index is 0. The Morgan fingerprint density at radius 2 is 1.79 bits per heavy atom. The van der Waals surface area contributed by atoms with Gasteiger partial charge < -0.3 is 10.1 Å². The number of pyridine rings is 1. The number of hydrogen-bond acceptors (Lipinski definition) is 4. The Labute approximate surface area is 223 Å². The number of ketones is 1. The van der Waals surface area contributed by atoms with Crippen LogP contribution >= 0.6 is 11.3 Å². The number of benzene rings is 1. The minimum atomic E-state index is -0.417. The molecule has 0 aliphatic rings. The van der Waals surface area contributed by atoms with Gasteiger partial charge in [0, 0.05) is 53.3 Å². The Balaban J connectivity index is 0.000000364. The molecular weight excluding hydrogens is 619 g/mol. The zero-order valence-corrected chi connectivity index (χ0v) is 25.1. The van der Waals surface area contributed by atoms with Crippen molar-refractivity contribution in [3.63, 3.8) is 0 Å². The van der Waals surface area contributed by atoms with E-state index in [9.17, 15) is 9.90 Å². The van der Waals surface area contributed by atoms with E-state index in [1.54, 1.807) is 11.3 Å². The first-order valence-electron chi connectivity index (χ1n) is 11.6. The van der Waals surface area contributed by atoms with E-state index in [-0.39, 0.29) is 37.1 Å². The van der Waals surface area contributed by atoms with Crippen LogP contribution in [0.15, 0.2) is 47.7 Å². The summed E-state index contributed by atoms with van der Waals surface area (Å²) < 4.78 is 1.29. The minimum Gasteiger partial charge on any atom is -0.512 e. The van der Waals surface area contributed by atoms with Gasteiger partial charge in [-0.25, -0.2) is 0 Å². The van der Waals surface area contributed by atoms with Crippen molar-refractivity contribution in [2.45, 2.75) is 74.7 Å². The standard InChI is InChI=1S/C18H18NS.C11H20O2.Ir/c1-4-13(3)15-7-12(2)8-16(9-15)17-10-18-14(11-19-17)5-6-20-18;1-10(2,3)8(12)7-9(13)11(4,5)6;/h5-7,9-11,13H,4H2,1-3H3;7,12H,1-6H3;/q-1;;/b;8-7-;. The van der Waals surface area contributed by atoms with E-state index in [1.807, 2.05) is 47.7 Å². The van der Waals surface area contributed by atoms with Gasteiger partial charge in [-0.3, -0.25) is 4.79 Å². The summed E-state index contributed by atoms with van der Waals surface area (Å²) in [4.78, 5) is 16.1. The van der Waals surface area contributed by atoms with Gasteiger partial charge in [0.05, 0.1) is 0 Å². The van der Waals surface area contributed by atoms with Crippen molar-refractivity contribution in [2.24, 2.45) is 10.8 Å². The van der Waals surface area contributed by atoms with Gasteiger partial charge >= 0.3 is 0 Å². The summed E-state index contributed by atoms with van der Waals surface area (Å²) in [5, 5.41) is 12.9. The van der Waals surface area contributed by atoms with Crippen LogP contribution < -0.4 is 0 Å². The van der Waals surface area contributed by atoms with E-state index < -0.39 is 5.41 Å². The molecule has 1 aromatic carbocycles. The van der Waals surface area contributed by atoms with Gasteiger partial charge in [-0.1, -0.05) is 74.8 Å². The molecule has 1 atom stereocenters. The van der Waals surface area contributed by atoms with Crippen molar-refractivity contribution in [1.29, 1.82) is 0 Å². The summed E-state index contributed by atoms with van der Waals surface area (Å²) >= 11 is 1.76. The second kappa shape index (κ2) is 12.2. The van der Waals surface area contributed by atoms with Crippen molar-refractivity contribution >= 4 is 27.2 Å². The van der Waals surface area contributed by atoms with Crippen LogP contribution in [0.5, 0.6) is 0 Å². The van der Waals surface area contributed by atoms with E-state index >= 15 is 0 Å². The van der Waals surface area contributed by atoms with Crippen molar-refractivity contribution in [1.82, 2.24) is 4.98 Å². The van der Waals surface area contributed by atoms with Crippen molar-refractivity contribution in [3.05, 3.63) is 64.9 Å². The number of carbonyl (C=O) groups excluding carboxylic acids is 1. The number of fused-ring (bicyclic) bond motifs is 1. The van der Waals surface area contributed by atoms with E-state index in [0.717, 1.165) is 17.7 Å². The molecule has 0 saturated heterocycles. The van der Waals surface area contributed by atoms with Crippen LogP contribution in [0.1, 0.15) is 78.9 Å². The maximum atomic E-state index is 11.5. The number of allylic oxidation sites excluding steroid dienone is 2. The zero-order chi connectivity index (χ0) is 25.0. The molecule has 3 rings (SSSR count). The Bertz CT molecular complexity index is 1130. The molecule has 5 heteroatoms. The molecule has 0 saturated carbocycles. The Morgan fingerprint density at radius 1 is 1.15 bits per heavy atom. The molecule has 0 amide bonds. The Morgan fingerprint density at radius 3 is 2.35 bits per heavy atom. The predicted molar refractivity (Wildman–Crippen MR) is 142 cm³/mol. The van der Waals surface area contributed by atoms with Crippen LogP contribution in [-0.4, -0.2) is 15.9 Å². The van der Waals surface area contributed by atoms with Gasteiger partial charge in [-0.15, -0.1) is 46.2 Å². The van der Waals surface area contributed by atoms with Gasteiger partial charge in [0.1, 0.15) is 5.76 Å². The summed E-state index contributed by atoms with van der Waals surface area (Å²) in [5.41, 5.74) is 3.93. The summed E-state index contributed by atoms with van der Waals surface area (Å²) in [6, 6.07) is 12.2. The van der Waals surface area contributed by atoms with Gasteiger partial charge in [-0.05, 0) is 23.1 Å². The molecule has 3 nitrogen and oxygen atoms in total. The topological polar surface area (TPSA) is 50.2 Å². The number of thiophene rings is 1. The van der Waals surface area contributed by atoms with E-state index in [4.69, 9.17) is 0 Å². The molecule has 3 aromatic rings.